The van der Waals surface area contributed by atoms with E-state index in [-0.39, 0.29) is 0 Å². The van der Waals surface area contributed by atoms with E-state index in [0.29, 0.717) is 6.61 Å². The van der Waals surface area contributed by atoms with Crippen LogP contribution in [0.3, 0.4) is 0 Å². The molecule has 0 aliphatic carbocycles. The van der Waals surface area contributed by atoms with Crippen LogP contribution in [0, 0.1) is 0 Å². The molecule has 1 heterocycles. The average molecular weight is 347 g/mol. The average Bonchev–Trinajstić information content (AvgIpc) is 2.72. The van der Waals surface area contributed by atoms with Gasteiger partial charge in [-0.25, -0.2) is 0 Å². The van der Waals surface area contributed by atoms with Crippen LogP contribution in [0.4, 0.5) is 11.4 Å². The zero-order valence-corrected chi connectivity index (χ0v) is 13.5. The summed E-state index contributed by atoms with van der Waals surface area (Å²) >= 11 is 3.43. The summed E-state index contributed by atoms with van der Waals surface area (Å²) in [6, 6.07) is 16.5. The molecule has 0 atom stereocenters. The van der Waals surface area contributed by atoms with Gasteiger partial charge in [-0.3, -0.25) is 0 Å². The minimum Gasteiger partial charge on any atom is -0.492 e. The number of nitrogens with one attached hydrogen (secondary N) is 1. The maximum Gasteiger partial charge on any atom is 0.119 e. The highest BCUT2D eigenvalue weighted by molar-refractivity contribution is 9.10. The lowest BCUT2D eigenvalue weighted by molar-refractivity contribution is 0.323. The molecule has 3 rings (SSSR count). The van der Waals surface area contributed by atoms with Gasteiger partial charge in [0.05, 0.1) is 17.9 Å². The number of ether oxygens (including phenoxy) is 1. The van der Waals surface area contributed by atoms with Gasteiger partial charge in [0.25, 0.3) is 0 Å². The molecular weight excluding hydrogens is 328 g/mol. The topological polar surface area (TPSA) is 24.5 Å². The summed E-state index contributed by atoms with van der Waals surface area (Å²) in [4.78, 5) is 2.40. The number of anilines is 2. The van der Waals surface area contributed by atoms with Crippen molar-refractivity contribution in [3.8, 4) is 5.75 Å². The first-order valence-electron chi connectivity index (χ1n) is 7.29. The normalized spacial score (nSPS) is 14.0. The van der Waals surface area contributed by atoms with Gasteiger partial charge in [-0.1, -0.05) is 28.1 Å². The third-order valence-corrected chi connectivity index (χ3v) is 4.14. The van der Waals surface area contributed by atoms with E-state index in [1.165, 1.54) is 11.4 Å². The highest BCUT2D eigenvalue weighted by Crippen LogP contribution is 2.27. The molecule has 0 bridgehead atoms. The lowest BCUT2D eigenvalue weighted by Crippen LogP contribution is -2.28. The Bertz CT molecular complexity index is 586. The molecule has 0 unspecified atom stereocenters. The summed E-state index contributed by atoms with van der Waals surface area (Å²) in [6.45, 7) is 3.68. The Morgan fingerprint density at radius 1 is 1.10 bits per heavy atom. The molecule has 0 aromatic heterocycles. The molecule has 4 heteroatoms. The van der Waals surface area contributed by atoms with E-state index < -0.39 is 0 Å². The van der Waals surface area contributed by atoms with E-state index >= 15 is 0 Å². The minimum absolute atomic E-state index is 0.690. The first-order valence-corrected chi connectivity index (χ1v) is 8.08. The number of para-hydroxylation sites is 2. The zero-order valence-electron chi connectivity index (χ0n) is 11.9. The number of fused-ring (bicyclic) bond motifs is 1. The van der Waals surface area contributed by atoms with Crippen molar-refractivity contribution in [1.82, 2.24) is 0 Å². The maximum atomic E-state index is 5.84. The summed E-state index contributed by atoms with van der Waals surface area (Å²) in [7, 11) is 0. The van der Waals surface area contributed by atoms with E-state index in [4.69, 9.17) is 4.74 Å². The fraction of sp³-hybridized carbons (Fsp3) is 0.294. The Hall–Kier alpha value is -1.68. The van der Waals surface area contributed by atoms with Crippen molar-refractivity contribution < 1.29 is 4.74 Å². The van der Waals surface area contributed by atoms with E-state index in [9.17, 15) is 0 Å². The molecule has 1 N–H and O–H groups in total. The Morgan fingerprint density at radius 2 is 1.90 bits per heavy atom. The lowest BCUT2D eigenvalue weighted by Gasteiger charge is -2.24. The molecule has 0 amide bonds. The van der Waals surface area contributed by atoms with E-state index in [2.05, 4.69) is 50.4 Å². The Morgan fingerprint density at radius 3 is 2.76 bits per heavy atom. The van der Waals surface area contributed by atoms with Crippen molar-refractivity contribution in [3.05, 3.63) is 53.0 Å². The van der Waals surface area contributed by atoms with Gasteiger partial charge in [-0.2, -0.15) is 0 Å². The molecule has 21 heavy (non-hydrogen) atoms. The smallest absolute Gasteiger partial charge is 0.119 e. The van der Waals surface area contributed by atoms with Crippen LogP contribution >= 0.6 is 15.9 Å². The number of rotatable bonds is 4. The fourth-order valence-electron chi connectivity index (χ4n) is 2.55. The zero-order chi connectivity index (χ0) is 14.5. The van der Waals surface area contributed by atoms with Crippen LogP contribution in [-0.2, 0) is 0 Å². The van der Waals surface area contributed by atoms with Crippen molar-refractivity contribution >= 4 is 27.3 Å². The van der Waals surface area contributed by atoms with Gasteiger partial charge < -0.3 is 15.0 Å². The highest BCUT2D eigenvalue weighted by atomic mass is 79.9. The molecule has 1 aliphatic heterocycles. The predicted octanol–water partition coefficient (Wildman–Crippen LogP) is 4.15. The summed E-state index contributed by atoms with van der Waals surface area (Å²) in [5.41, 5.74) is 2.49. The van der Waals surface area contributed by atoms with Crippen LogP contribution in [-0.4, -0.2) is 26.2 Å². The van der Waals surface area contributed by atoms with Crippen LogP contribution in [0.25, 0.3) is 0 Å². The number of benzene rings is 2. The summed E-state index contributed by atoms with van der Waals surface area (Å²) < 4.78 is 6.91. The van der Waals surface area contributed by atoms with Crippen LogP contribution in [0.2, 0.25) is 0 Å². The second-order valence-corrected chi connectivity index (χ2v) is 6.00. The fourth-order valence-corrected chi connectivity index (χ4v) is 2.81. The third-order valence-electron chi connectivity index (χ3n) is 3.61. The lowest BCUT2D eigenvalue weighted by atomic mass is 10.2. The summed E-state index contributed by atoms with van der Waals surface area (Å²) in [6.07, 6.45) is 1.15. The van der Waals surface area contributed by atoms with Crippen LogP contribution in [0.5, 0.6) is 5.75 Å². The summed E-state index contributed by atoms with van der Waals surface area (Å²) in [5, 5.41) is 3.48. The van der Waals surface area contributed by atoms with Crippen LogP contribution < -0.4 is 15.0 Å². The first-order chi connectivity index (χ1) is 10.3. The molecular formula is C17H19BrN2O. The van der Waals surface area contributed by atoms with Gasteiger partial charge in [0.15, 0.2) is 0 Å². The van der Waals surface area contributed by atoms with Crippen molar-refractivity contribution in [2.45, 2.75) is 6.42 Å². The van der Waals surface area contributed by atoms with Crippen molar-refractivity contribution in [1.29, 1.82) is 0 Å². The monoisotopic (exact) mass is 346 g/mol. The van der Waals surface area contributed by atoms with Gasteiger partial charge in [-0.05, 0) is 42.8 Å². The second-order valence-electron chi connectivity index (χ2n) is 5.09. The minimum atomic E-state index is 0.690. The predicted molar refractivity (Wildman–Crippen MR) is 91.4 cm³/mol. The van der Waals surface area contributed by atoms with Crippen LogP contribution in [0.15, 0.2) is 53.0 Å². The molecule has 0 saturated carbocycles. The molecule has 1 aliphatic rings. The standard InChI is InChI=1S/C17H19BrN2O/c18-14-6-8-15(9-7-14)21-13-12-20-11-3-10-19-16-4-1-2-5-17(16)20/h1-2,4-9,19H,3,10-13H2. The van der Waals surface area contributed by atoms with Crippen molar-refractivity contribution in [2.24, 2.45) is 0 Å². The van der Waals surface area contributed by atoms with E-state index in [0.717, 1.165) is 36.3 Å². The number of hydrogen-bond donors (Lipinski definition) is 1. The van der Waals surface area contributed by atoms with Crippen molar-refractivity contribution in [3.63, 3.8) is 0 Å². The van der Waals surface area contributed by atoms with Gasteiger partial charge >= 0.3 is 0 Å². The number of hydrogen-bond acceptors (Lipinski definition) is 3. The molecule has 110 valence electrons. The Kier molecular flexibility index (Phi) is 4.65. The van der Waals surface area contributed by atoms with Gasteiger partial charge in [-0.15, -0.1) is 0 Å². The quantitative estimate of drug-likeness (QED) is 0.899. The van der Waals surface area contributed by atoms with E-state index in [1.54, 1.807) is 0 Å². The van der Waals surface area contributed by atoms with Crippen molar-refractivity contribution in [2.75, 3.05) is 36.5 Å². The Labute approximate surface area is 134 Å². The SMILES string of the molecule is Brc1ccc(OCCN2CCCNc3ccccc32)cc1. The van der Waals surface area contributed by atoms with Gasteiger partial charge in [0, 0.05) is 17.6 Å². The third kappa shape index (κ3) is 3.70. The second kappa shape index (κ2) is 6.85. The first kappa shape index (κ1) is 14.3. The molecule has 0 radical (unpaired) electrons. The highest BCUT2D eigenvalue weighted by Gasteiger charge is 2.13. The molecule has 0 fully saturated rings. The number of halogens is 1. The van der Waals surface area contributed by atoms with Gasteiger partial charge in [0.2, 0.25) is 0 Å². The number of nitrogens with zero attached hydrogens (tertiary/aromatic N) is 1. The van der Waals surface area contributed by atoms with Crippen LogP contribution in [0.1, 0.15) is 6.42 Å². The molecule has 0 saturated heterocycles. The van der Waals surface area contributed by atoms with E-state index in [1.807, 2.05) is 24.3 Å². The summed E-state index contributed by atoms with van der Waals surface area (Å²) in [5.74, 6) is 0.916. The molecule has 0 spiro atoms. The molecule has 3 nitrogen and oxygen atoms in total. The Balaban J connectivity index is 1.61. The largest absolute Gasteiger partial charge is 0.492 e. The van der Waals surface area contributed by atoms with Gasteiger partial charge in [0.1, 0.15) is 12.4 Å². The molecule has 2 aromatic rings. The molecule has 2 aromatic carbocycles. The maximum absolute atomic E-state index is 5.84.